The van der Waals surface area contributed by atoms with E-state index in [1.165, 1.54) is 36.0 Å². The fraction of sp³-hybridized carbons (Fsp3) is 0.412. The third-order valence-electron chi connectivity index (χ3n) is 3.04. The van der Waals surface area contributed by atoms with Gasteiger partial charge in [-0.2, -0.15) is 0 Å². The molecule has 0 radical (unpaired) electrons. The molecule has 0 fully saturated rings. The molecule has 0 saturated heterocycles. The van der Waals surface area contributed by atoms with Crippen molar-refractivity contribution in [2.75, 3.05) is 0 Å². The summed E-state index contributed by atoms with van der Waals surface area (Å²) >= 11 is 0. The largest absolute Gasteiger partial charge is 0.0810 e. The van der Waals surface area contributed by atoms with Crippen molar-refractivity contribution in [3.63, 3.8) is 0 Å². The van der Waals surface area contributed by atoms with E-state index in [1.807, 2.05) is 6.07 Å². The summed E-state index contributed by atoms with van der Waals surface area (Å²) in [7, 11) is 0. The van der Waals surface area contributed by atoms with Crippen molar-refractivity contribution < 1.29 is 0 Å². The van der Waals surface area contributed by atoms with Crippen molar-refractivity contribution >= 4 is 0 Å². The van der Waals surface area contributed by atoms with E-state index in [9.17, 15) is 0 Å². The second-order valence-corrected chi connectivity index (χ2v) is 4.50. The Balaban J connectivity index is 0.000000171. The molecule has 0 aliphatic heterocycles. The second-order valence-electron chi connectivity index (χ2n) is 4.50. The van der Waals surface area contributed by atoms with Gasteiger partial charge in [-0.05, 0) is 38.2 Å². The first-order valence-electron chi connectivity index (χ1n) is 6.66. The van der Waals surface area contributed by atoms with Gasteiger partial charge in [-0.15, -0.1) is 0 Å². The minimum atomic E-state index is 1.14. The number of hydrogen-bond acceptors (Lipinski definition) is 0. The number of benzene rings is 1. The summed E-state index contributed by atoms with van der Waals surface area (Å²) in [6.45, 7) is 6.58. The van der Waals surface area contributed by atoms with E-state index in [2.05, 4.69) is 57.2 Å². The Morgan fingerprint density at radius 2 is 1.71 bits per heavy atom. The summed E-state index contributed by atoms with van der Waals surface area (Å²) < 4.78 is 0. The SMILES string of the molecule is CCC1=CCCC(C)=C1.CCc1ccccc1. The Hall–Kier alpha value is -1.30. The molecule has 0 nitrogen and oxygen atoms in total. The van der Waals surface area contributed by atoms with E-state index in [1.54, 1.807) is 0 Å². The van der Waals surface area contributed by atoms with Crippen LogP contribution in [0.2, 0.25) is 0 Å². The maximum atomic E-state index is 2.34. The molecule has 1 aromatic rings. The highest BCUT2D eigenvalue weighted by Crippen LogP contribution is 2.17. The van der Waals surface area contributed by atoms with Crippen molar-refractivity contribution in [2.24, 2.45) is 0 Å². The van der Waals surface area contributed by atoms with Gasteiger partial charge in [0.05, 0.1) is 0 Å². The Bertz CT molecular complexity index is 368. The lowest BCUT2D eigenvalue weighted by atomic mass is 9.99. The fourth-order valence-electron chi connectivity index (χ4n) is 1.89. The van der Waals surface area contributed by atoms with Gasteiger partial charge < -0.3 is 0 Å². The monoisotopic (exact) mass is 228 g/mol. The van der Waals surface area contributed by atoms with E-state index in [-0.39, 0.29) is 0 Å². The summed E-state index contributed by atoms with van der Waals surface area (Å²) in [5, 5.41) is 0. The maximum absolute atomic E-state index is 2.34. The molecule has 0 saturated carbocycles. The third-order valence-corrected chi connectivity index (χ3v) is 3.04. The summed E-state index contributed by atoms with van der Waals surface area (Å²) in [5.41, 5.74) is 4.46. The fourth-order valence-corrected chi connectivity index (χ4v) is 1.89. The lowest BCUT2D eigenvalue weighted by molar-refractivity contribution is 0.925. The van der Waals surface area contributed by atoms with Crippen LogP contribution in [0.5, 0.6) is 0 Å². The van der Waals surface area contributed by atoms with Crippen molar-refractivity contribution in [1.29, 1.82) is 0 Å². The quantitative estimate of drug-likeness (QED) is 0.643. The summed E-state index contributed by atoms with van der Waals surface area (Å²) in [6.07, 6.45) is 9.50. The molecule has 2 rings (SSSR count). The average molecular weight is 228 g/mol. The van der Waals surface area contributed by atoms with Crippen molar-refractivity contribution in [3.05, 3.63) is 59.2 Å². The van der Waals surface area contributed by atoms with Gasteiger partial charge in [-0.25, -0.2) is 0 Å². The summed E-state index contributed by atoms with van der Waals surface area (Å²) in [5.74, 6) is 0. The van der Waals surface area contributed by atoms with Crippen molar-refractivity contribution in [3.8, 4) is 0 Å². The number of aryl methyl sites for hydroxylation is 1. The van der Waals surface area contributed by atoms with E-state index in [0.29, 0.717) is 0 Å². The highest BCUT2D eigenvalue weighted by Gasteiger charge is 1.97. The smallest absolute Gasteiger partial charge is 0.0285 e. The molecule has 1 aliphatic carbocycles. The number of allylic oxidation sites excluding steroid dienone is 4. The first-order chi connectivity index (χ1) is 8.26. The van der Waals surface area contributed by atoms with Gasteiger partial charge in [-0.1, -0.05) is 67.5 Å². The first kappa shape index (κ1) is 13.8. The lowest BCUT2D eigenvalue weighted by Crippen LogP contribution is -1.87. The predicted octanol–water partition coefficient (Wildman–Crippen LogP) is 5.31. The van der Waals surface area contributed by atoms with E-state index in [0.717, 1.165) is 6.42 Å². The lowest BCUT2D eigenvalue weighted by Gasteiger charge is -2.07. The highest BCUT2D eigenvalue weighted by atomic mass is 14.0. The number of rotatable bonds is 2. The van der Waals surface area contributed by atoms with Gasteiger partial charge in [0, 0.05) is 0 Å². The molecule has 0 N–H and O–H groups in total. The molecule has 0 unspecified atom stereocenters. The minimum Gasteiger partial charge on any atom is -0.0810 e. The van der Waals surface area contributed by atoms with Crippen LogP contribution in [0.1, 0.15) is 45.6 Å². The van der Waals surface area contributed by atoms with Crippen LogP contribution >= 0.6 is 0 Å². The minimum absolute atomic E-state index is 1.14. The molecular formula is C17H24. The molecule has 92 valence electrons. The van der Waals surface area contributed by atoms with Crippen LogP contribution in [0.25, 0.3) is 0 Å². The van der Waals surface area contributed by atoms with Gasteiger partial charge in [0.2, 0.25) is 0 Å². The van der Waals surface area contributed by atoms with Gasteiger partial charge in [0.25, 0.3) is 0 Å². The molecule has 0 amide bonds. The van der Waals surface area contributed by atoms with Crippen LogP contribution in [-0.2, 0) is 6.42 Å². The van der Waals surface area contributed by atoms with Crippen LogP contribution in [-0.4, -0.2) is 0 Å². The molecule has 17 heavy (non-hydrogen) atoms. The zero-order chi connectivity index (χ0) is 12.5. The van der Waals surface area contributed by atoms with Crippen molar-refractivity contribution in [1.82, 2.24) is 0 Å². The van der Waals surface area contributed by atoms with Gasteiger partial charge in [0.1, 0.15) is 0 Å². The molecule has 0 spiro atoms. The van der Waals surface area contributed by atoms with Crippen molar-refractivity contribution in [2.45, 2.75) is 46.5 Å². The molecule has 0 atom stereocenters. The highest BCUT2D eigenvalue weighted by molar-refractivity contribution is 5.26. The van der Waals surface area contributed by atoms with Crippen LogP contribution in [0.3, 0.4) is 0 Å². The second kappa shape index (κ2) is 7.89. The van der Waals surface area contributed by atoms with Crippen LogP contribution in [0, 0.1) is 0 Å². The van der Waals surface area contributed by atoms with Gasteiger partial charge in [-0.3, -0.25) is 0 Å². The standard InChI is InChI=1S/C9H14.C8H10/c1-3-9-6-4-5-8(2)7-9;1-2-8-6-4-3-5-7-8/h6-7H,3-5H2,1-2H3;3-7H,2H2,1H3. The van der Waals surface area contributed by atoms with Gasteiger partial charge in [0.15, 0.2) is 0 Å². The third kappa shape index (κ3) is 5.53. The average Bonchev–Trinajstić information content (AvgIpc) is 2.40. The zero-order valence-corrected chi connectivity index (χ0v) is 11.4. The van der Waals surface area contributed by atoms with E-state index >= 15 is 0 Å². The maximum Gasteiger partial charge on any atom is -0.0285 e. The Morgan fingerprint density at radius 1 is 1.00 bits per heavy atom. The van der Waals surface area contributed by atoms with Crippen LogP contribution < -0.4 is 0 Å². The molecule has 0 heterocycles. The molecule has 1 aromatic carbocycles. The van der Waals surface area contributed by atoms with Gasteiger partial charge >= 0.3 is 0 Å². The summed E-state index contributed by atoms with van der Waals surface area (Å²) in [4.78, 5) is 0. The first-order valence-corrected chi connectivity index (χ1v) is 6.66. The Morgan fingerprint density at radius 3 is 2.12 bits per heavy atom. The molecule has 1 aliphatic rings. The van der Waals surface area contributed by atoms with Crippen LogP contribution in [0.4, 0.5) is 0 Å². The molecule has 0 aromatic heterocycles. The molecule has 0 heteroatoms. The van der Waals surface area contributed by atoms with E-state index in [4.69, 9.17) is 0 Å². The zero-order valence-electron chi connectivity index (χ0n) is 11.4. The molecule has 0 bridgehead atoms. The normalized spacial score (nSPS) is 14.3. The summed E-state index contributed by atoms with van der Waals surface area (Å²) in [6, 6.07) is 10.5. The Kier molecular flexibility index (Phi) is 6.39. The van der Waals surface area contributed by atoms with E-state index < -0.39 is 0 Å². The Labute approximate surface area is 106 Å². The molecular weight excluding hydrogens is 204 g/mol. The number of hydrogen-bond donors (Lipinski definition) is 0. The predicted molar refractivity (Wildman–Crippen MR) is 77.2 cm³/mol. The topological polar surface area (TPSA) is 0 Å². The van der Waals surface area contributed by atoms with Crippen LogP contribution in [0.15, 0.2) is 53.6 Å².